The molecule has 0 bridgehead atoms. The second-order valence-electron chi connectivity index (χ2n) is 7.33. The zero-order valence-electron chi connectivity index (χ0n) is 16.3. The van der Waals surface area contributed by atoms with Crippen LogP contribution in [-0.2, 0) is 11.3 Å². The summed E-state index contributed by atoms with van der Waals surface area (Å²) in [5.74, 6) is 0.924. The second kappa shape index (κ2) is 8.66. The van der Waals surface area contributed by atoms with Crippen molar-refractivity contribution in [1.82, 2.24) is 15.5 Å². The van der Waals surface area contributed by atoms with Gasteiger partial charge in [0, 0.05) is 35.3 Å². The van der Waals surface area contributed by atoms with Gasteiger partial charge in [-0.25, -0.2) is 0 Å². The summed E-state index contributed by atoms with van der Waals surface area (Å²) in [6, 6.07) is 15.7. The van der Waals surface area contributed by atoms with E-state index in [1.807, 2.05) is 12.1 Å². The highest BCUT2D eigenvalue weighted by Crippen LogP contribution is 2.24. The summed E-state index contributed by atoms with van der Waals surface area (Å²) >= 11 is 5.90. The lowest BCUT2D eigenvalue weighted by Gasteiger charge is -2.33. The second-order valence-corrected chi connectivity index (χ2v) is 7.77. The Morgan fingerprint density at radius 1 is 1.14 bits per heavy atom. The normalized spacial score (nSPS) is 14.8. The van der Waals surface area contributed by atoms with Gasteiger partial charge in [-0.1, -0.05) is 34.5 Å². The van der Waals surface area contributed by atoms with Crippen LogP contribution in [-0.4, -0.2) is 29.1 Å². The molecule has 6 nitrogen and oxygen atoms in total. The van der Waals surface area contributed by atoms with Crippen LogP contribution in [0.3, 0.4) is 0 Å². The van der Waals surface area contributed by atoms with Crippen LogP contribution in [0.4, 0.5) is 5.69 Å². The average Bonchev–Trinajstić information content (AvgIpc) is 3.22. The highest BCUT2D eigenvalue weighted by molar-refractivity contribution is 6.30. The Morgan fingerprint density at radius 3 is 2.52 bits per heavy atom. The number of aromatic nitrogens is 2. The fourth-order valence-electron chi connectivity index (χ4n) is 3.51. The van der Waals surface area contributed by atoms with E-state index in [0.29, 0.717) is 16.7 Å². The number of piperidine rings is 1. The van der Waals surface area contributed by atoms with Gasteiger partial charge >= 0.3 is 0 Å². The third-order valence-electron chi connectivity index (χ3n) is 5.25. The minimum Gasteiger partial charge on any atom is -0.371 e. The van der Waals surface area contributed by atoms with Gasteiger partial charge in [0.2, 0.25) is 17.6 Å². The minimum atomic E-state index is 0.00959. The van der Waals surface area contributed by atoms with Gasteiger partial charge in [-0.2, -0.15) is 4.98 Å². The lowest BCUT2D eigenvalue weighted by atomic mass is 9.95. The van der Waals surface area contributed by atoms with E-state index in [4.69, 9.17) is 16.1 Å². The van der Waals surface area contributed by atoms with Crippen molar-refractivity contribution in [3.63, 3.8) is 0 Å². The van der Waals surface area contributed by atoms with Crippen molar-refractivity contribution in [3.05, 3.63) is 65.0 Å². The Kier molecular flexibility index (Phi) is 5.81. The van der Waals surface area contributed by atoms with E-state index in [0.717, 1.165) is 31.5 Å². The molecule has 1 fully saturated rings. The van der Waals surface area contributed by atoms with Crippen LogP contribution in [0.5, 0.6) is 0 Å². The van der Waals surface area contributed by atoms with E-state index in [9.17, 15) is 4.79 Å². The Bertz CT molecular complexity index is 961. The summed E-state index contributed by atoms with van der Waals surface area (Å²) in [5, 5.41) is 7.55. The van der Waals surface area contributed by atoms with Gasteiger partial charge in [-0.3, -0.25) is 4.79 Å². The molecule has 2 aromatic carbocycles. The molecule has 29 heavy (non-hydrogen) atoms. The molecular weight excluding hydrogens is 388 g/mol. The fraction of sp³-hybridized carbons (Fsp3) is 0.318. The average molecular weight is 411 g/mol. The van der Waals surface area contributed by atoms with Crippen molar-refractivity contribution in [3.8, 4) is 11.4 Å². The van der Waals surface area contributed by atoms with E-state index in [1.165, 1.54) is 11.3 Å². The molecule has 1 aliphatic heterocycles. The molecule has 0 unspecified atom stereocenters. The van der Waals surface area contributed by atoms with Crippen LogP contribution in [0.1, 0.15) is 24.3 Å². The lowest BCUT2D eigenvalue weighted by Crippen LogP contribution is -2.40. The predicted molar refractivity (Wildman–Crippen MR) is 113 cm³/mol. The van der Waals surface area contributed by atoms with Gasteiger partial charge in [0.05, 0.1) is 6.54 Å². The summed E-state index contributed by atoms with van der Waals surface area (Å²) in [7, 11) is 0. The van der Waals surface area contributed by atoms with Gasteiger partial charge < -0.3 is 14.7 Å². The van der Waals surface area contributed by atoms with Crippen molar-refractivity contribution >= 4 is 23.2 Å². The van der Waals surface area contributed by atoms with Crippen molar-refractivity contribution in [2.45, 2.75) is 26.3 Å². The third kappa shape index (κ3) is 4.77. The first-order chi connectivity index (χ1) is 14.1. The Hall–Kier alpha value is -2.86. The Morgan fingerprint density at radius 2 is 1.83 bits per heavy atom. The highest BCUT2D eigenvalue weighted by atomic mass is 35.5. The first-order valence-corrected chi connectivity index (χ1v) is 10.1. The molecule has 1 aromatic heterocycles. The number of rotatable bonds is 5. The number of nitrogens with zero attached hydrogens (tertiary/aromatic N) is 3. The number of carbonyl (C=O) groups excluding carboxylic acids is 1. The predicted octanol–water partition coefficient (Wildman–Crippen LogP) is 4.23. The first-order valence-electron chi connectivity index (χ1n) is 9.76. The smallest absolute Gasteiger partial charge is 0.246 e. The minimum absolute atomic E-state index is 0.00959. The molecule has 4 rings (SSSR count). The van der Waals surface area contributed by atoms with Gasteiger partial charge in [0.25, 0.3) is 0 Å². The molecule has 150 valence electrons. The molecular formula is C22H23ClN4O2. The molecule has 0 radical (unpaired) electrons. The molecule has 7 heteroatoms. The van der Waals surface area contributed by atoms with Crippen LogP contribution >= 0.6 is 11.6 Å². The third-order valence-corrected chi connectivity index (χ3v) is 5.50. The first kappa shape index (κ1) is 19.5. The maximum atomic E-state index is 12.5. The molecule has 0 atom stereocenters. The van der Waals surface area contributed by atoms with Crippen LogP contribution in [0.2, 0.25) is 5.02 Å². The number of benzene rings is 2. The molecule has 3 aromatic rings. The molecule has 2 heterocycles. The van der Waals surface area contributed by atoms with E-state index in [2.05, 4.69) is 51.5 Å². The lowest BCUT2D eigenvalue weighted by molar-refractivity contribution is -0.125. The monoisotopic (exact) mass is 410 g/mol. The van der Waals surface area contributed by atoms with Gasteiger partial charge in [0.15, 0.2) is 0 Å². The summed E-state index contributed by atoms with van der Waals surface area (Å²) in [6.45, 7) is 4.07. The molecule has 1 amide bonds. The number of anilines is 1. The van der Waals surface area contributed by atoms with Crippen molar-refractivity contribution in [2.24, 2.45) is 5.92 Å². The number of nitrogens with one attached hydrogen (secondary N) is 1. The standard InChI is InChI=1S/C22H23ClN4O2/c1-15-2-8-19(9-3-15)27-12-10-17(11-13-27)22(28)24-14-20-25-21(26-29-20)16-4-6-18(23)7-5-16/h2-9,17H,10-14H2,1H3,(H,24,28). The zero-order chi connectivity index (χ0) is 20.2. The fourth-order valence-corrected chi connectivity index (χ4v) is 3.63. The van der Waals surface area contributed by atoms with E-state index in [-0.39, 0.29) is 18.4 Å². The van der Waals surface area contributed by atoms with Crippen LogP contribution in [0.25, 0.3) is 11.4 Å². The molecule has 1 N–H and O–H groups in total. The molecule has 0 spiro atoms. The van der Waals surface area contributed by atoms with Gasteiger partial charge in [-0.15, -0.1) is 0 Å². The summed E-state index contributed by atoms with van der Waals surface area (Å²) in [4.78, 5) is 19.2. The van der Waals surface area contributed by atoms with E-state index in [1.54, 1.807) is 12.1 Å². The van der Waals surface area contributed by atoms with Crippen LogP contribution < -0.4 is 10.2 Å². The van der Waals surface area contributed by atoms with Gasteiger partial charge in [-0.05, 0) is 56.2 Å². The van der Waals surface area contributed by atoms with Crippen LogP contribution in [0.15, 0.2) is 53.1 Å². The van der Waals surface area contributed by atoms with E-state index >= 15 is 0 Å². The number of halogens is 1. The number of hydrogen-bond acceptors (Lipinski definition) is 5. The number of carbonyl (C=O) groups is 1. The number of aryl methyl sites for hydroxylation is 1. The van der Waals surface area contributed by atoms with Crippen molar-refractivity contribution < 1.29 is 9.32 Å². The quantitative estimate of drug-likeness (QED) is 0.681. The zero-order valence-corrected chi connectivity index (χ0v) is 17.0. The van der Waals surface area contributed by atoms with Gasteiger partial charge in [0.1, 0.15) is 0 Å². The summed E-state index contributed by atoms with van der Waals surface area (Å²) < 4.78 is 5.25. The molecule has 0 aliphatic carbocycles. The van der Waals surface area contributed by atoms with Crippen molar-refractivity contribution in [1.29, 1.82) is 0 Å². The largest absolute Gasteiger partial charge is 0.371 e. The summed E-state index contributed by atoms with van der Waals surface area (Å²) in [5.41, 5.74) is 3.29. The molecule has 1 saturated heterocycles. The maximum absolute atomic E-state index is 12.5. The van der Waals surface area contributed by atoms with E-state index < -0.39 is 0 Å². The number of amides is 1. The Balaban J connectivity index is 1.27. The van der Waals surface area contributed by atoms with Crippen molar-refractivity contribution in [2.75, 3.05) is 18.0 Å². The topological polar surface area (TPSA) is 71.3 Å². The maximum Gasteiger partial charge on any atom is 0.246 e. The highest BCUT2D eigenvalue weighted by Gasteiger charge is 2.25. The number of hydrogen-bond donors (Lipinski definition) is 1. The Labute approximate surface area is 174 Å². The van der Waals surface area contributed by atoms with Crippen LogP contribution in [0, 0.1) is 12.8 Å². The molecule has 0 saturated carbocycles. The SMILES string of the molecule is Cc1ccc(N2CCC(C(=O)NCc3nc(-c4ccc(Cl)cc4)no3)CC2)cc1. The molecule has 1 aliphatic rings. The summed E-state index contributed by atoms with van der Waals surface area (Å²) in [6.07, 6.45) is 1.67.